The van der Waals surface area contributed by atoms with Crippen LogP contribution in [0.15, 0.2) is 18.2 Å². The largest absolute Gasteiger partial charge is 0.496 e. The number of aliphatic hydroxyl groups excluding tert-OH is 1. The van der Waals surface area contributed by atoms with E-state index in [4.69, 9.17) is 4.74 Å². The summed E-state index contributed by atoms with van der Waals surface area (Å²) in [6, 6.07) is 6.04. The lowest BCUT2D eigenvalue weighted by molar-refractivity contribution is 0.199. The number of ether oxygens (including phenoxy) is 1. The Hall–Kier alpha value is -1.02. The molecule has 0 heterocycles. The Labute approximate surface area is 97.3 Å². The fourth-order valence-corrected chi connectivity index (χ4v) is 2.57. The predicted molar refractivity (Wildman–Crippen MR) is 64.8 cm³/mol. The maximum atomic E-state index is 9.61. The van der Waals surface area contributed by atoms with Crippen molar-refractivity contribution in [2.45, 2.75) is 44.6 Å². The van der Waals surface area contributed by atoms with E-state index in [1.54, 1.807) is 14.0 Å². The van der Waals surface area contributed by atoms with E-state index in [2.05, 4.69) is 6.07 Å². The predicted octanol–water partition coefficient (Wildman–Crippen LogP) is 3.41. The van der Waals surface area contributed by atoms with E-state index in [0.717, 1.165) is 11.3 Å². The average molecular weight is 220 g/mol. The number of methoxy groups -OCH3 is 1. The van der Waals surface area contributed by atoms with Crippen molar-refractivity contribution in [2.75, 3.05) is 7.11 Å². The molecule has 0 amide bonds. The van der Waals surface area contributed by atoms with Crippen LogP contribution in [-0.4, -0.2) is 12.2 Å². The molecule has 2 heteroatoms. The van der Waals surface area contributed by atoms with Crippen molar-refractivity contribution in [3.05, 3.63) is 29.3 Å². The van der Waals surface area contributed by atoms with Crippen LogP contribution >= 0.6 is 0 Å². The molecular weight excluding hydrogens is 200 g/mol. The van der Waals surface area contributed by atoms with Crippen molar-refractivity contribution in [2.24, 2.45) is 0 Å². The van der Waals surface area contributed by atoms with Crippen LogP contribution in [0.3, 0.4) is 0 Å². The molecule has 1 fully saturated rings. The fraction of sp³-hybridized carbons (Fsp3) is 0.571. The van der Waals surface area contributed by atoms with Gasteiger partial charge < -0.3 is 9.84 Å². The third kappa shape index (κ3) is 2.22. The zero-order chi connectivity index (χ0) is 11.5. The molecule has 1 unspecified atom stereocenters. The van der Waals surface area contributed by atoms with Gasteiger partial charge in [-0.15, -0.1) is 0 Å². The molecule has 1 aromatic rings. The van der Waals surface area contributed by atoms with E-state index in [0.29, 0.717) is 5.92 Å². The zero-order valence-corrected chi connectivity index (χ0v) is 10.1. The summed E-state index contributed by atoms with van der Waals surface area (Å²) in [5, 5.41) is 9.61. The van der Waals surface area contributed by atoms with Gasteiger partial charge in [-0.2, -0.15) is 0 Å². The summed E-state index contributed by atoms with van der Waals surface area (Å²) in [7, 11) is 1.72. The Balaban J connectivity index is 2.34. The summed E-state index contributed by atoms with van der Waals surface area (Å²) < 4.78 is 5.41. The van der Waals surface area contributed by atoms with Gasteiger partial charge in [0.05, 0.1) is 13.2 Å². The molecule has 0 bridgehead atoms. The highest BCUT2D eigenvalue weighted by atomic mass is 16.5. The molecule has 1 N–H and O–H groups in total. The monoisotopic (exact) mass is 220 g/mol. The molecule has 1 aliphatic rings. The first-order valence-electron chi connectivity index (χ1n) is 6.08. The molecule has 2 nitrogen and oxygen atoms in total. The summed E-state index contributed by atoms with van der Waals surface area (Å²) in [6.07, 6.45) is 4.73. The smallest absolute Gasteiger partial charge is 0.122 e. The van der Waals surface area contributed by atoms with E-state index < -0.39 is 6.10 Å². The number of hydrogen-bond acceptors (Lipinski definition) is 2. The maximum absolute atomic E-state index is 9.61. The number of aliphatic hydroxyl groups is 1. The first-order chi connectivity index (χ1) is 7.72. The molecule has 1 aromatic carbocycles. The van der Waals surface area contributed by atoms with Crippen molar-refractivity contribution >= 4 is 0 Å². The first-order valence-corrected chi connectivity index (χ1v) is 6.08. The van der Waals surface area contributed by atoms with Gasteiger partial charge >= 0.3 is 0 Å². The Kier molecular flexibility index (Phi) is 3.49. The lowest BCUT2D eigenvalue weighted by atomic mass is 9.94. The number of benzene rings is 1. The van der Waals surface area contributed by atoms with Crippen LogP contribution < -0.4 is 4.74 Å². The zero-order valence-electron chi connectivity index (χ0n) is 10.1. The van der Waals surface area contributed by atoms with Gasteiger partial charge in [-0.1, -0.05) is 18.9 Å². The minimum absolute atomic E-state index is 0.397. The third-order valence-corrected chi connectivity index (χ3v) is 3.53. The van der Waals surface area contributed by atoms with Gasteiger partial charge in [0.25, 0.3) is 0 Å². The number of rotatable bonds is 3. The van der Waals surface area contributed by atoms with Gasteiger partial charge in [0.15, 0.2) is 0 Å². The quantitative estimate of drug-likeness (QED) is 0.846. The summed E-state index contributed by atoms with van der Waals surface area (Å²) >= 11 is 0. The van der Waals surface area contributed by atoms with Gasteiger partial charge in [0, 0.05) is 0 Å². The van der Waals surface area contributed by atoms with Crippen LogP contribution in [0.5, 0.6) is 5.75 Å². The van der Waals surface area contributed by atoms with E-state index in [1.807, 2.05) is 12.1 Å². The average Bonchev–Trinajstić information content (AvgIpc) is 2.81. The molecule has 0 aromatic heterocycles. The van der Waals surface area contributed by atoms with Crippen LogP contribution in [0.2, 0.25) is 0 Å². The second-order valence-corrected chi connectivity index (χ2v) is 4.66. The van der Waals surface area contributed by atoms with Crippen LogP contribution in [0, 0.1) is 0 Å². The number of hydrogen-bond donors (Lipinski definition) is 1. The summed E-state index contributed by atoms with van der Waals surface area (Å²) in [6.45, 7) is 1.81. The van der Waals surface area contributed by atoms with E-state index >= 15 is 0 Å². The van der Waals surface area contributed by atoms with Crippen molar-refractivity contribution in [1.29, 1.82) is 0 Å². The van der Waals surface area contributed by atoms with Crippen molar-refractivity contribution < 1.29 is 9.84 Å². The van der Waals surface area contributed by atoms with Crippen molar-refractivity contribution in [1.82, 2.24) is 0 Å². The molecule has 0 aliphatic heterocycles. The van der Waals surface area contributed by atoms with Crippen LogP contribution in [0.25, 0.3) is 0 Å². The lowest BCUT2D eigenvalue weighted by Crippen LogP contribution is -2.00. The normalized spacial score (nSPS) is 18.7. The van der Waals surface area contributed by atoms with Crippen LogP contribution in [0.4, 0.5) is 0 Å². The first kappa shape index (κ1) is 11.5. The Morgan fingerprint density at radius 2 is 2.00 bits per heavy atom. The second kappa shape index (κ2) is 4.88. The highest BCUT2D eigenvalue weighted by Gasteiger charge is 2.21. The van der Waals surface area contributed by atoms with E-state index in [1.165, 1.54) is 31.2 Å². The molecule has 1 aliphatic carbocycles. The van der Waals surface area contributed by atoms with Gasteiger partial charge in [0.2, 0.25) is 0 Å². The second-order valence-electron chi connectivity index (χ2n) is 4.66. The van der Waals surface area contributed by atoms with E-state index in [-0.39, 0.29) is 0 Å². The van der Waals surface area contributed by atoms with Crippen molar-refractivity contribution in [3.8, 4) is 5.75 Å². The minimum Gasteiger partial charge on any atom is -0.496 e. The third-order valence-electron chi connectivity index (χ3n) is 3.53. The minimum atomic E-state index is -0.397. The Morgan fingerprint density at radius 3 is 2.56 bits per heavy atom. The molecule has 0 spiro atoms. The van der Waals surface area contributed by atoms with Gasteiger partial charge in [-0.25, -0.2) is 0 Å². The summed E-state index contributed by atoms with van der Waals surface area (Å²) in [5.41, 5.74) is 2.26. The molecule has 88 valence electrons. The molecule has 0 radical (unpaired) electrons. The molecule has 16 heavy (non-hydrogen) atoms. The van der Waals surface area contributed by atoms with Gasteiger partial charge in [-0.05, 0) is 48.9 Å². The summed E-state index contributed by atoms with van der Waals surface area (Å²) in [5.74, 6) is 1.59. The highest BCUT2D eigenvalue weighted by Crippen LogP contribution is 2.39. The van der Waals surface area contributed by atoms with Crippen LogP contribution in [-0.2, 0) is 0 Å². The summed E-state index contributed by atoms with van der Waals surface area (Å²) in [4.78, 5) is 0. The van der Waals surface area contributed by atoms with Crippen molar-refractivity contribution in [3.63, 3.8) is 0 Å². The lowest BCUT2D eigenvalue weighted by Gasteiger charge is -2.16. The Morgan fingerprint density at radius 1 is 1.31 bits per heavy atom. The SMILES string of the molecule is COc1ccc(C(C)O)cc1C1CCCC1. The fourth-order valence-electron chi connectivity index (χ4n) is 2.57. The standard InChI is InChI=1S/C14H20O2/c1-10(15)12-7-8-14(16-2)13(9-12)11-5-3-4-6-11/h7-11,15H,3-6H2,1-2H3. The topological polar surface area (TPSA) is 29.5 Å². The Bertz CT molecular complexity index is 352. The molecule has 2 rings (SSSR count). The molecule has 1 saturated carbocycles. The highest BCUT2D eigenvalue weighted by molar-refractivity contribution is 5.40. The maximum Gasteiger partial charge on any atom is 0.122 e. The van der Waals surface area contributed by atoms with Crippen LogP contribution in [0.1, 0.15) is 55.8 Å². The van der Waals surface area contributed by atoms with Gasteiger partial charge in [0.1, 0.15) is 5.75 Å². The molecule has 1 atom stereocenters. The molecular formula is C14H20O2. The van der Waals surface area contributed by atoms with Gasteiger partial charge in [-0.3, -0.25) is 0 Å². The van der Waals surface area contributed by atoms with E-state index in [9.17, 15) is 5.11 Å². The molecule has 0 saturated heterocycles.